The summed E-state index contributed by atoms with van der Waals surface area (Å²) >= 11 is 0. The van der Waals surface area contributed by atoms with Crippen LogP contribution in [-0.4, -0.2) is 22.3 Å². The molecule has 3 nitrogen and oxygen atoms in total. The number of carboxylic acids is 1. The summed E-state index contributed by atoms with van der Waals surface area (Å²) in [4.78, 5) is 11.1. The van der Waals surface area contributed by atoms with Gasteiger partial charge in [-0.15, -0.1) is 0 Å². The second-order valence-electron chi connectivity index (χ2n) is 5.81. The van der Waals surface area contributed by atoms with Crippen molar-refractivity contribution in [3.8, 4) is 0 Å². The fraction of sp³-hybridized carbons (Fsp3) is 0.923. The quantitative estimate of drug-likeness (QED) is 0.779. The molecule has 0 saturated heterocycles. The molecule has 2 unspecified atom stereocenters. The Labute approximate surface area is 97.9 Å². The van der Waals surface area contributed by atoms with E-state index >= 15 is 0 Å². The minimum atomic E-state index is -0.705. The normalized spacial score (nSPS) is 35.7. The molecule has 0 bridgehead atoms. The van der Waals surface area contributed by atoms with Crippen LogP contribution in [-0.2, 0) is 4.79 Å². The van der Waals surface area contributed by atoms with E-state index in [1.54, 1.807) is 0 Å². The number of carbonyl (C=O) groups is 1. The Morgan fingerprint density at radius 2 is 1.44 bits per heavy atom. The van der Waals surface area contributed by atoms with E-state index in [1.165, 1.54) is 0 Å². The third-order valence-electron chi connectivity index (χ3n) is 4.05. The second kappa shape index (κ2) is 5.17. The van der Waals surface area contributed by atoms with Gasteiger partial charge in [-0.25, -0.2) is 0 Å². The first-order chi connectivity index (χ1) is 7.34. The number of carboxylic acid groups (broad SMARTS) is 1. The van der Waals surface area contributed by atoms with Crippen molar-refractivity contribution in [2.75, 3.05) is 0 Å². The minimum absolute atomic E-state index is 0.127. The summed E-state index contributed by atoms with van der Waals surface area (Å²) < 4.78 is 0. The third-order valence-corrected chi connectivity index (χ3v) is 4.05. The molecule has 0 aromatic rings. The van der Waals surface area contributed by atoms with Crippen LogP contribution in [0.15, 0.2) is 0 Å². The lowest BCUT2D eigenvalue weighted by atomic mass is 9.66. The zero-order valence-corrected chi connectivity index (χ0v) is 10.7. The molecular formula is C13H24O3. The molecule has 1 saturated carbocycles. The molecule has 1 aliphatic rings. The van der Waals surface area contributed by atoms with Gasteiger partial charge in [-0.1, -0.05) is 27.7 Å². The Morgan fingerprint density at radius 3 is 1.69 bits per heavy atom. The van der Waals surface area contributed by atoms with Crippen LogP contribution in [0, 0.1) is 29.6 Å². The molecule has 1 rings (SSSR count). The summed E-state index contributed by atoms with van der Waals surface area (Å²) in [7, 11) is 0. The summed E-state index contributed by atoms with van der Waals surface area (Å²) in [5, 5.41) is 19.4. The van der Waals surface area contributed by atoms with E-state index in [2.05, 4.69) is 27.7 Å². The van der Waals surface area contributed by atoms with Crippen LogP contribution in [0.3, 0.4) is 0 Å². The number of aliphatic hydroxyl groups is 1. The molecule has 0 amide bonds. The molecule has 1 aliphatic carbocycles. The average molecular weight is 228 g/mol. The van der Waals surface area contributed by atoms with Gasteiger partial charge in [0.15, 0.2) is 0 Å². The van der Waals surface area contributed by atoms with Gasteiger partial charge in [-0.3, -0.25) is 4.79 Å². The predicted molar refractivity (Wildman–Crippen MR) is 63.0 cm³/mol. The Kier molecular flexibility index (Phi) is 4.36. The molecular weight excluding hydrogens is 204 g/mol. The molecule has 0 aromatic carbocycles. The SMILES string of the molecule is CC(C)C1CC(C(=O)O)CC(C(C)C)C1O. The summed E-state index contributed by atoms with van der Waals surface area (Å²) in [6, 6.07) is 0. The van der Waals surface area contributed by atoms with E-state index in [4.69, 9.17) is 5.11 Å². The minimum Gasteiger partial charge on any atom is -0.481 e. The van der Waals surface area contributed by atoms with Crippen molar-refractivity contribution in [3.63, 3.8) is 0 Å². The molecule has 0 aromatic heterocycles. The van der Waals surface area contributed by atoms with Crippen molar-refractivity contribution in [2.45, 2.75) is 46.6 Å². The molecule has 0 aliphatic heterocycles. The van der Waals surface area contributed by atoms with Crippen molar-refractivity contribution >= 4 is 5.97 Å². The number of hydrogen-bond donors (Lipinski definition) is 2. The zero-order valence-electron chi connectivity index (χ0n) is 10.7. The molecule has 2 N–H and O–H groups in total. The maximum absolute atomic E-state index is 11.1. The predicted octanol–water partition coefficient (Wildman–Crippen LogP) is 2.39. The Balaban J connectivity index is 2.84. The van der Waals surface area contributed by atoms with Crippen molar-refractivity contribution in [3.05, 3.63) is 0 Å². The monoisotopic (exact) mass is 228 g/mol. The second-order valence-corrected chi connectivity index (χ2v) is 5.81. The lowest BCUT2D eigenvalue weighted by molar-refractivity contribution is -0.147. The standard InChI is InChI=1S/C13H24O3/c1-7(2)10-5-9(13(15)16)6-11(8(3)4)12(10)14/h7-12,14H,5-6H2,1-4H3,(H,15,16). The van der Waals surface area contributed by atoms with Crippen molar-refractivity contribution < 1.29 is 15.0 Å². The molecule has 0 spiro atoms. The van der Waals surface area contributed by atoms with Gasteiger partial charge in [0.1, 0.15) is 0 Å². The highest BCUT2D eigenvalue weighted by Crippen LogP contribution is 2.40. The van der Waals surface area contributed by atoms with E-state index in [-0.39, 0.29) is 23.9 Å². The van der Waals surface area contributed by atoms with Gasteiger partial charge in [0, 0.05) is 0 Å². The van der Waals surface area contributed by atoms with Crippen LogP contribution in [0.2, 0.25) is 0 Å². The van der Waals surface area contributed by atoms with Gasteiger partial charge < -0.3 is 10.2 Å². The van der Waals surface area contributed by atoms with E-state index in [0.29, 0.717) is 24.7 Å². The van der Waals surface area contributed by atoms with Crippen LogP contribution in [0.4, 0.5) is 0 Å². The van der Waals surface area contributed by atoms with Crippen LogP contribution < -0.4 is 0 Å². The Hall–Kier alpha value is -0.570. The topological polar surface area (TPSA) is 57.5 Å². The number of hydrogen-bond acceptors (Lipinski definition) is 2. The summed E-state index contributed by atoms with van der Waals surface area (Å²) in [6.45, 7) is 8.26. The van der Waals surface area contributed by atoms with Crippen molar-refractivity contribution in [1.82, 2.24) is 0 Å². The van der Waals surface area contributed by atoms with Crippen molar-refractivity contribution in [2.24, 2.45) is 29.6 Å². The van der Waals surface area contributed by atoms with Crippen LogP contribution >= 0.6 is 0 Å². The lowest BCUT2D eigenvalue weighted by Gasteiger charge is -2.41. The first kappa shape index (κ1) is 13.5. The van der Waals surface area contributed by atoms with Crippen LogP contribution in [0.25, 0.3) is 0 Å². The Morgan fingerprint density at radius 1 is 1.06 bits per heavy atom. The highest BCUT2D eigenvalue weighted by molar-refractivity contribution is 5.70. The lowest BCUT2D eigenvalue weighted by Crippen LogP contribution is -2.43. The summed E-state index contributed by atoms with van der Waals surface area (Å²) in [5.41, 5.74) is 0. The van der Waals surface area contributed by atoms with Gasteiger partial charge in [0.25, 0.3) is 0 Å². The highest BCUT2D eigenvalue weighted by Gasteiger charge is 2.41. The fourth-order valence-corrected chi connectivity index (χ4v) is 2.88. The molecule has 2 atom stereocenters. The molecule has 94 valence electrons. The average Bonchev–Trinajstić information content (AvgIpc) is 2.16. The molecule has 1 fully saturated rings. The highest BCUT2D eigenvalue weighted by atomic mass is 16.4. The smallest absolute Gasteiger partial charge is 0.306 e. The van der Waals surface area contributed by atoms with Gasteiger partial charge in [0.05, 0.1) is 12.0 Å². The van der Waals surface area contributed by atoms with Crippen LogP contribution in [0.5, 0.6) is 0 Å². The number of rotatable bonds is 3. The third kappa shape index (κ3) is 2.76. The maximum atomic E-state index is 11.1. The van der Waals surface area contributed by atoms with E-state index in [0.717, 1.165) is 0 Å². The molecule has 3 heteroatoms. The molecule has 0 radical (unpaired) electrons. The van der Waals surface area contributed by atoms with Crippen LogP contribution in [0.1, 0.15) is 40.5 Å². The molecule has 16 heavy (non-hydrogen) atoms. The largest absolute Gasteiger partial charge is 0.481 e. The van der Waals surface area contributed by atoms with E-state index < -0.39 is 5.97 Å². The van der Waals surface area contributed by atoms with E-state index in [1.807, 2.05) is 0 Å². The maximum Gasteiger partial charge on any atom is 0.306 e. The van der Waals surface area contributed by atoms with Gasteiger partial charge >= 0.3 is 5.97 Å². The zero-order chi connectivity index (χ0) is 12.5. The fourth-order valence-electron chi connectivity index (χ4n) is 2.88. The summed E-state index contributed by atoms with van der Waals surface area (Å²) in [6.07, 6.45) is 0.907. The first-order valence-electron chi connectivity index (χ1n) is 6.25. The van der Waals surface area contributed by atoms with Gasteiger partial charge in [-0.05, 0) is 36.5 Å². The van der Waals surface area contributed by atoms with Gasteiger partial charge in [0.2, 0.25) is 0 Å². The summed E-state index contributed by atoms with van der Waals surface area (Å²) in [5.74, 6) is -0.0345. The first-order valence-corrected chi connectivity index (χ1v) is 6.25. The van der Waals surface area contributed by atoms with E-state index in [9.17, 15) is 9.90 Å². The molecule has 0 heterocycles. The number of aliphatic hydroxyl groups excluding tert-OH is 1. The number of aliphatic carboxylic acids is 1. The van der Waals surface area contributed by atoms with Gasteiger partial charge in [-0.2, -0.15) is 0 Å². The Bertz CT molecular complexity index is 230. The van der Waals surface area contributed by atoms with Crippen molar-refractivity contribution in [1.29, 1.82) is 0 Å².